The Labute approximate surface area is 177 Å². The highest BCUT2D eigenvalue weighted by Crippen LogP contribution is 2.28. The first-order valence-electron chi connectivity index (χ1n) is 9.44. The van der Waals surface area contributed by atoms with E-state index in [1.807, 2.05) is 35.9 Å². The second-order valence-corrected chi connectivity index (χ2v) is 7.91. The van der Waals surface area contributed by atoms with Gasteiger partial charge < -0.3 is 23.8 Å². The molecule has 1 aromatic carbocycles. The van der Waals surface area contributed by atoms with E-state index >= 15 is 0 Å². The number of aromatic nitrogens is 2. The molecule has 1 saturated heterocycles. The van der Waals surface area contributed by atoms with E-state index in [9.17, 15) is 4.79 Å². The van der Waals surface area contributed by atoms with Crippen LogP contribution in [0.1, 0.15) is 41.0 Å². The SMILES string of the molecule is Cn1cncc1C1CC(NC(=O)c2ccc(COc3ccc(Br)cc3)o2)CCO1. The molecule has 0 bridgehead atoms. The minimum Gasteiger partial charge on any atom is -0.486 e. The zero-order valence-corrected chi connectivity index (χ0v) is 17.6. The maximum Gasteiger partial charge on any atom is 0.287 e. The predicted molar refractivity (Wildman–Crippen MR) is 110 cm³/mol. The standard InChI is InChI=1S/C21H22BrN3O4/c1-25-13-23-11-18(25)20-10-15(8-9-27-20)24-21(26)19-7-6-17(29-19)12-28-16-4-2-14(22)3-5-16/h2-7,11,13,15,20H,8-10,12H2,1H3,(H,24,26). The molecule has 1 aliphatic rings. The van der Waals surface area contributed by atoms with Crippen LogP contribution >= 0.6 is 15.9 Å². The molecule has 1 fully saturated rings. The lowest BCUT2D eigenvalue weighted by Crippen LogP contribution is -2.40. The molecule has 0 radical (unpaired) electrons. The summed E-state index contributed by atoms with van der Waals surface area (Å²) in [4.78, 5) is 16.7. The average molecular weight is 460 g/mol. The number of aryl methyl sites for hydroxylation is 1. The first-order valence-corrected chi connectivity index (χ1v) is 10.2. The molecule has 8 heteroatoms. The second-order valence-electron chi connectivity index (χ2n) is 6.99. The quantitative estimate of drug-likeness (QED) is 0.602. The monoisotopic (exact) mass is 459 g/mol. The van der Waals surface area contributed by atoms with Gasteiger partial charge >= 0.3 is 0 Å². The number of rotatable bonds is 6. The van der Waals surface area contributed by atoms with Gasteiger partial charge in [0.1, 0.15) is 24.2 Å². The number of nitrogens with zero attached hydrogens (tertiary/aromatic N) is 2. The van der Waals surface area contributed by atoms with Crippen molar-refractivity contribution in [2.45, 2.75) is 31.6 Å². The van der Waals surface area contributed by atoms with Gasteiger partial charge in [-0.05, 0) is 49.2 Å². The maximum atomic E-state index is 12.6. The molecule has 3 heterocycles. The fourth-order valence-corrected chi connectivity index (χ4v) is 3.60. The topological polar surface area (TPSA) is 78.5 Å². The van der Waals surface area contributed by atoms with Crippen molar-refractivity contribution in [1.82, 2.24) is 14.9 Å². The van der Waals surface area contributed by atoms with E-state index in [1.165, 1.54) is 0 Å². The van der Waals surface area contributed by atoms with Gasteiger partial charge in [-0.25, -0.2) is 4.98 Å². The smallest absolute Gasteiger partial charge is 0.287 e. The van der Waals surface area contributed by atoms with Crippen molar-refractivity contribution in [1.29, 1.82) is 0 Å². The third kappa shape index (κ3) is 4.89. The number of halogens is 1. The summed E-state index contributed by atoms with van der Waals surface area (Å²) in [5.41, 5.74) is 1.01. The Morgan fingerprint density at radius 3 is 2.90 bits per heavy atom. The lowest BCUT2D eigenvalue weighted by Gasteiger charge is -2.30. The van der Waals surface area contributed by atoms with E-state index < -0.39 is 0 Å². The molecule has 1 amide bonds. The van der Waals surface area contributed by atoms with Crippen LogP contribution in [0.15, 0.2) is 57.8 Å². The van der Waals surface area contributed by atoms with Crippen LogP contribution in [0.5, 0.6) is 5.75 Å². The number of carbonyl (C=O) groups excluding carboxylic acids is 1. The summed E-state index contributed by atoms with van der Waals surface area (Å²) in [6.45, 7) is 0.847. The minimum atomic E-state index is -0.226. The number of hydrogen-bond donors (Lipinski definition) is 1. The fourth-order valence-electron chi connectivity index (χ4n) is 3.33. The number of nitrogens with one attached hydrogen (secondary N) is 1. The summed E-state index contributed by atoms with van der Waals surface area (Å²) >= 11 is 3.39. The van der Waals surface area contributed by atoms with Gasteiger partial charge in [-0.15, -0.1) is 0 Å². The fraction of sp³-hybridized carbons (Fsp3) is 0.333. The van der Waals surface area contributed by atoms with Crippen molar-refractivity contribution in [3.63, 3.8) is 0 Å². The van der Waals surface area contributed by atoms with E-state index in [-0.39, 0.29) is 30.4 Å². The van der Waals surface area contributed by atoms with Crippen molar-refractivity contribution in [2.24, 2.45) is 7.05 Å². The molecule has 2 unspecified atom stereocenters. The Hall–Kier alpha value is -2.58. The second kappa shape index (κ2) is 8.84. The van der Waals surface area contributed by atoms with Crippen molar-refractivity contribution < 1.29 is 18.7 Å². The number of amides is 1. The van der Waals surface area contributed by atoms with Crippen LogP contribution in [0.25, 0.3) is 0 Å². The van der Waals surface area contributed by atoms with Crippen LogP contribution in [-0.4, -0.2) is 28.1 Å². The number of carbonyl (C=O) groups is 1. The summed E-state index contributed by atoms with van der Waals surface area (Å²) in [7, 11) is 1.94. The van der Waals surface area contributed by atoms with Gasteiger partial charge in [-0.3, -0.25) is 4.79 Å². The first kappa shape index (κ1) is 19.7. The number of benzene rings is 1. The summed E-state index contributed by atoms with van der Waals surface area (Å²) in [5, 5.41) is 3.05. The van der Waals surface area contributed by atoms with Gasteiger partial charge in [0.25, 0.3) is 5.91 Å². The molecule has 1 N–H and O–H groups in total. The van der Waals surface area contributed by atoms with Gasteiger partial charge in [0.05, 0.1) is 18.2 Å². The van der Waals surface area contributed by atoms with Gasteiger partial charge in [0, 0.05) is 24.2 Å². The molecular formula is C21H22BrN3O4. The van der Waals surface area contributed by atoms with Crippen LogP contribution in [0.2, 0.25) is 0 Å². The molecule has 2 aromatic heterocycles. The van der Waals surface area contributed by atoms with E-state index in [0.29, 0.717) is 18.8 Å². The Balaban J connectivity index is 1.31. The lowest BCUT2D eigenvalue weighted by atomic mass is 10.0. The zero-order valence-electron chi connectivity index (χ0n) is 16.0. The summed E-state index contributed by atoms with van der Waals surface area (Å²) in [6.07, 6.45) is 4.94. The van der Waals surface area contributed by atoms with Gasteiger partial charge in [0.15, 0.2) is 5.76 Å². The predicted octanol–water partition coefficient (Wildman–Crippen LogP) is 4.00. The summed E-state index contributed by atoms with van der Waals surface area (Å²) < 4.78 is 20.1. The third-order valence-electron chi connectivity index (χ3n) is 4.88. The largest absolute Gasteiger partial charge is 0.486 e. The summed E-state index contributed by atoms with van der Waals surface area (Å²) in [6, 6.07) is 11.0. The molecule has 0 spiro atoms. The highest BCUT2D eigenvalue weighted by molar-refractivity contribution is 9.10. The molecule has 0 aliphatic carbocycles. The molecule has 7 nitrogen and oxygen atoms in total. The van der Waals surface area contributed by atoms with Crippen LogP contribution in [0, 0.1) is 0 Å². The van der Waals surface area contributed by atoms with E-state index in [2.05, 4.69) is 26.2 Å². The Kier molecular flexibility index (Phi) is 6.01. The molecule has 0 saturated carbocycles. The molecule has 29 heavy (non-hydrogen) atoms. The number of ether oxygens (including phenoxy) is 2. The van der Waals surface area contributed by atoms with Gasteiger partial charge in [-0.2, -0.15) is 0 Å². The van der Waals surface area contributed by atoms with Crippen molar-refractivity contribution in [2.75, 3.05) is 6.61 Å². The molecule has 1 aliphatic heterocycles. The summed E-state index contributed by atoms with van der Waals surface area (Å²) in [5.74, 6) is 1.38. The van der Waals surface area contributed by atoms with Crippen LogP contribution < -0.4 is 10.1 Å². The molecule has 152 valence electrons. The molecule has 2 atom stereocenters. The first-order chi connectivity index (χ1) is 14.1. The lowest BCUT2D eigenvalue weighted by molar-refractivity contribution is -0.00321. The molecule has 4 rings (SSSR count). The highest BCUT2D eigenvalue weighted by Gasteiger charge is 2.27. The van der Waals surface area contributed by atoms with E-state index in [1.54, 1.807) is 24.7 Å². The minimum absolute atomic E-state index is 0.0173. The van der Waals surface area contributed by atoms with Crippen molar-refractivity contribution >= 4 is 21.8 Å². The molecular weight excluding hydrogens is 438 g/mol. The third-order valence-corrected chi connectivity index (χ3v) is 5.41. The Morgan fingerprint density at radius 2 is 2.14 bits per heavy atom. The van der Waals surface area contributed by atoms with Crippen LogP contribution in [0.4, 0.5) is 0 Å². The van der Waals surface area contributed by atoms with E-state index in [4.69, 9.17) is 13.9 Å². The normalized spacial score (nSPS) is 19.1. The Morgan fingerprint density at radius 1 is 1.31 bits per heavy atom. The number of furan rings is 1. The Bertz CT molecular complexity index is 966. The van der Waals surface area contributed by atoms with Gasteiger partial charge in [0.2, 0.25) is 0 Å². The van der Waals surface area contributed by atoms with Crippen LogP contribution in [0.3, 0.4) is 0 Å². The van der Waals surface area contributed by atoms with Crippen molar-refractivity contribution in [3.8, 4) is 5.75 Å². The molecule has 3 aromatic rings. The number of hydrogen-bond acceptors (Lipinski definition) is 5. The van der Waals surface area contributed by atoms with E-state index in [0.717, 1.165) is 22.3 Å². The van der Waals surface area contributed by atoms with Crippen LogP contribution in [-0.2, 0) is 18.4 Å². The average Bonchev–Trinajstić information content (AvgIpc) is 3.37. The van der Waals surface area contributed by atoms with Crippen molar-refractivity contribution in [3.05, 3.63) is 70.6 Å². The highest BCUT2D eigenvalue weighted by atomic mass is 79.9. The number of imidazole rings is 1. The zero-order chi connectivity index (χ0) is 20.2. The van der Waals surface area contributed by atoms with Gasteiger partial charge in [-0.1, -0.05) is 15.9 Å². The maximum absolute atomic E-state index is 12.6.